The summed E-state index contributed by atoms with van der Waals surface area (Å²) in [6.07, 6.45) is 5.59. The second kappa shape index (κ2) is 7.38. The highest BCUT2D eigenvalue weighted by Crippen LogP contribution is 2.15. The molecule has 0 spiro atoms. The van der Waals surface area contributed by atoms with Crippen LogP contribution in [0, 0.1) is 5.92 Å². The lowest BCUT2D eigenvalue weighted by Crippen LogP contribution is -2.28. The van der Waals surface area contributed by atoms with E-state index in [1.807, 2.05) is 32.0 Å². The van der Waals surface area contributed by atoms with E-state index >= 15 is 0 Å². The van der Waals surface area contributed by atoms with Gasteiger partial charge in [-0.25, -0.2) is 9.38 Å². The van der Waals surface area contributed by atoms with Crippen LogP contribution in [-0.2, 0) is 4.79 Å². The van der Waals surface area contributed by atoms with Crippen molar-refractivity contribution in [2.45, 2.75) is 26.3 Å². The topological polar surface area (TPSA) is 79.3 Å². The summed E-state index contributed by atoms with van der Waals surface area (Å²) in [7, 11) is 0. The molecule has 6 nitrogen and oxygen atoms in total. The van der Waals surface area contributed by atoms with Gasteiger partial charge in [0.25, 0.3) is 5.91 Å². The fraction of sp³-hybridized carbons (Fsp3) is 0.333. The van der Waals surface area contributed by atoms with Gasteiger partial charge in [0.15, 0.2) is 0 Å². The Balaban J connectivity index is 1.80. The van der Waals surface area contributed by atoms with E-state index in [4.69, 9.17) is 0 Å². The molecule has 0 unspecified atom stereocenters. The van der Waals surface area contributed by atoms with Gasteiger partial charge in [0.05, 0.1) is 17.1 Å². The molecule has 3 rings (SSSR count). The zero-order valence-electron chi connectivity index (χ0n) is 14.2. The fourth-order valence-electron chi connectivity index (χ4n) is 2.67. The number of nitrogens with zero attached hydrogens (tertiary/aromatic N) is 3. The number of guanidine groups is 1. The standard InChI is InChI=1S/C18H20FN5O/c1-11(2)7-13(10-19)22-18-23-16(17(25)24-18)9-12-3-4-14-15(8-12)21-6-5-20-14/h3-6,8-9,11,13H,7,10H2,1-2H3,(H2,22,23,24,25)/b16-9-/t13-/m1/s1. The van der Waals surface area contributed by atoms with Gasteiger partial charge in [-0.2, -0.15) is 0 Å². The quantitative estimate of drug-likeness (QED) is 0.819. The number of benzene rings is 1. The molecule has 2 heterocycles. The summed E-state index contributed by atoms with van der Waals surface area (Å²) in [6.45, 7) is 3.47. The molecule has 0 aliphatic carbocycles. The second-order valence-corrected chi connectivity index (χ2v) is 6.36. The molecule has 0 saturated carbocycles. The van der Waals surface area contributed by atoms with Crippen LogP contribution in [0.2, 0.25) is 0 Å². The number of alkyl halides is 1. The highest BCUT2D eigenvalue weighted by atomic mass is 19.1. The van der Waals surface area contributed by atoms with Crippen LogP contribution >= 0.6 is 0 Å². The van der Waals surface area contributed by atoms with Crippen LogP contribution in [0.25, 0.3) is 17.1 Å². The number of hydrogen-bond donors (Lipinski definition) is 2. The third-order valence-corrected chi connectivity index (χ3v) is 3.77. The van der Waals surface area contributed by atoms with Crippen molar-refractivity contribution in [3.8, 4) is 0 Å². The van der Waals surface area contributed by atoms with Gasteiger partial charge in [-0.15, -0.1) is 0 Å². The first-order chi connectivity index (χ1) is 12.0. The van der Waals surface area contributed by atoms with Gasteiger partial charge in [-0.1, -0.05) is 19.9 Å². The van der Waals surface area contributed by atoms with E-state index in [2.05, 4.69) is 25.6 Å². The van der Waals surface area contributed by atoms with E-state index in [1.165, 1.54) is 0 Å². The summed E-state index contributed by atoms with van der Waals surface area (Å²) in [5.41, 5.74) is 2.72. The summed E-state index contributed by atoms with van der Waals surface area (Å²) >= 11 is 0. The number of halogens is 1. The van der Waals surface area contributed by atoms with Crippen LogP contribution in [0.5, 0.6) is 0 Å². The summed E-state index contributed by atoms with van der Waals surface area (Å²) in [5.74, 6) is 0.330. The molecule has 25 heavy (non-hydrogen) atoms. The van der Waals surface area contributed by atoms with E-state index in [-0.39, 0.29) is 5.91 Å². The van der Waals surface area contributed by atoms with Crippen LogP contribution in [0.15, 0.2) is 41.3 Å². The highest BCUT2D eigenvalue weighted by molar-refractivity contribution is 6.15. The normalized spacial score (nSPS) is 18.8. The molecule has 1 fully saturated rings. The zero-order chi connectivity index (χ0) is 17.8. The third kappa shape index (κ3) is 4.17. The van der Waals surface area contributed by atoms with Crippen LogP contribution in [-0.4, -0.2) is 34.6 Å². The first-order valence-corrected chi connectivity index (χ1v) is 8.19. The predicted octanol–water partition coefficient (Wildman–Crippen LogP) is 2.43. The average Bonchev–Trinajstić information content (AvgIpc) is 2.93. The van der Waals surface area contributed by atoms with Crippen molar-refractivity contribution in [1.82, 2.24) is 20.6 Å². The maximum absolute atomic E-state index is 13.1. The first kappa shape index (κ1) is 17.0. The molecule has 1 aliphatic heterocycles. The largest absolute Gasteiger partial charge is 0.321 e. The van der Waals surface area contributed by atoms with E-state index in [1.54, 1.807) is 18.5 Å². The van der Waals surface area contributed by atoms with E-state index < -0.39 is 12.7 Å². The van der Waals surface area contributed by atoms with Crippen LogP contribution < -0.4 is 10.6 Å². The van der Waals surface area contributed by atoms with Crippen LogP contribution in [0.4, 0.5) is 4.39 Å². The first-order valence-electron chi connectivity index (χ1n) is 8.19. The van der Waals surface area contributed by atoms with Gasteiger partial charge >= 0.3 is 0 Å². The Morgan fingerprint density at radius 2 is 1.96 bits per heavy atom. The molecule has 0 bridgehead atoms. The number of carbonyl (C=O) groups is 1. The molecule has 130 valence electrons. The number of hydrogen-bond acceptors (Lipinski definition) is 4. The van der Waals surface area contributed by atoms with Crippen molar-refractivity contribution < 1.29 is 9.18 Å². The molecule has 1 aromatic heterocycles. The molecule has 1 saturated heterocycles. The predicted molar refractivity (Wildman–Crippen MR) is 95.4 cm³/mol. The smallest absolute Gasteiger partial charge is 0.274 e. The summed E-state index contributed by atoms with van der Waals surface area (Å²) in [5, 5.41) is 5.56. The number of carbonyl (C=O) groups excluding carboxylic acids is 1. The number of aliphatic imine (C=N–C) groups is 1. The van der Waals surface area contributed by atoms with Gasteiger partial charge < -0.3 is 5.32 Å². The van der Waals surface area contributed by atoms with Crippen molar-refractivity contribution >= 4 is 29.0 Å². The lowest BCUT2D eigenvalue weighted by molar-refractivity contribution is -0.115. The van der Waals surface area contributed by atoms with Gasteiger partial charge in [0.1, 0.15) is 12.4 Å². The number of aromatic nitrogens is 2. The number of nitrogens with one attached hydrogen (secondary N) is 2. The Morgan fingerprint density at radius 3 is 2.68 bits per heavy atom. The summed E-state index contributed by atoms with van der Waals surface area (Å²) in [6, 6.07) is 5.09. The minimum atomic E-state index is -0.554. The number of fused-ring (bicyclic) bond motifs is 1. The lowest BCUT2D eigenvalue weighted by Gasteiger charge is -2.11. The monoisotopic (exact) mass is 341 g/mol. The molecule has 0 radical (unpaired) electrons. The lowest BCUT2D eigenvalue weighted by atomic mass is 10.1. The summed E-state index contributed by atoms with van der Waals surface area (Å²) in [4.78, 5) is 24.8. The van der Waals surface area contributed by atoms with Crippen molar-refractivity contribution in [3.63, 3.8) is 0 Å². The second-order valence-electron chi connectivity index (χ2n) is 6.36. The van der Waals surface area contributed by atoms with Crippen molar-refractivity contribution in [2.75, 3.05) is 6.67 Å². The molecular formula is C18H20FN5O. The van der Waals surface area contributed by atoms with Crippen LogP contribution in [0.3, 0.4) is 0 Å². The Hall–Kier alpha value is -2.83. The summed E-state index contributed by atoms with van der Waals surface area (Å²) < 4.78 is 13.1. The molecular weight excluding hydrogens is 321 g/mol. The Bertz CT molecular complexity index is 846. The average molecular weight is 341 g/mol. The van der Waals surface area contributed by atoms with Crippen molar-refractivity contribution in [1.29, 1.82) is 0 Å². The molecule has 1 aromatic carbocycles. The zero-order valence-corrected chi connectivity index (χ0v) is 14.2. The fourth-order valence-corrected chi connectivity index (χ4v) is 2.67. The maximum atomic E-state index is 13.1. The molecule has 2 N–H and O–H groups in total. The van der Waals surface area contributed by atoms with Gasteiger partial charge in [0, 0.05) is 12.4 Å². The van der Waals surface area contributed by atoms with E-state index in [0.29, 0.717) is 24.0 Å². The van der Waals surface area contributed by atoms with E-state index in [9.17, 15) is 9.18 Å². The minimum absolute atomic E-state index is 0.292. The van der Waals surface area contributed by atoms with Gasteiger partial charge in [-0.05, 0) is 36.1 Å². The Kier molecular flexibility index (Phi) is 5.02. The van der Waals surface area contributed by atoms with Crippen LogP contribution in [0.1, 0.15) is 25.8 Å². The SMILES string of the molecule is CC(C)C[C@H](CF)N=C1NC(=O)/C(=C/c2ccc3nccnc3c2)N1. The molecule has 2 aromatic rings. The number of amides is 1. The van der Waals surface area contributed by atoms with E-state index in [0.717, 1.165) is 16.6 Å². The number of rotatable bonds is 5. The molecule has 7 heteroatoms. The molecule has 1 atom stereocenters. The Morgan fingerprint density at radius 1 is 1.20 bits per heavy atom. The van der Waals surface area contributed by atoms with Crippen molar-refractivity contribution in [2.24, 2.45) is 10.9 Å². The molecule has 1 aliphatic rings. The third-order valence-electron chi connectivity index (χ3n) is 3.77. The maximum Gasteiger partial charge on any atom is 0.274 e. The van der Waals surface area contributed by atoms with Crippen molar-refractivity contribution in [3.05, 3.63) is 41.9 Å². The van der Waals surface area contributed by atoms with Gasteiger partial charge in [-0.3, -0.25) is 20.1 Å². The Labute approximate surface area is 145 Å². The minimum Gasteiger partial charge on any atom is -0.321 e. The van der Waals surface area contributed by atoms with Gasteiger partial charge in [0.2, 0.25) is 5.96 Å². The molecule has 1 amide bonds. The highest BCUT2D eigenvalue weighted by Gasteiger charge is 2.23.